The predicted octanol–water partition coefficient (Wildman–Crippen LogP) is 1.71. The molecule has 0 aliphatic carbocycles. The molecule has 0 aliphatic rings. The van der Waals surface area contributed by atoms with Crippen molar-refractivity contribution >= 4 is 0 Å². The number of likely N-dealkylation sites (N-methyl/N-ethyl adjacent to an activating group) is 2. The Hall–Kier alpha value is -0.0800. The summed E-state index contributed by atoms with van der Waals surface area (Å²) in [5.41, 5.74) is 0. The maximum atomic E-state index is 3.37. The zero-order valence-corrected chi connectivity index (χ0v) is 9.22. The smallest absolute Gasteiger partial charge is 0.0192 e. The van der Waals surface area contributed by atoms with Gasteiger partial charge in [0.05, 0.1) is 0 Å². The van der Waals surface area contributed by atoms with Crippen molar-refractivity contribution in [2.24, 2.45) is 0 Å². The summed E-state index contributed by atoms with van der Waals surface area (Å²) in [6.07, 6.45) is 1.23. The number of hydrogen-bond acceptors (Lipinski definition) is 2. The molecule has 0 saturated carbocycles. The van der Waals surface area contributed by atoms with Gasteiger partial charge in [0, 0.05) is 18.6 Å². The van der Waals surface area contributed by atoms with Crippen LogP contribution in [0.5, 0.6) is 0 Å². The normalized spacial score (nSPS) is 16.5. The summed E-state index contributed by atoms with van der Waals surface area (Å²) >= 11 is 0. The molecular formula is C10H24N2. The van der Waals surface area contributed by atoms with E-state index in [2.05, 4.69) is 45.0 Å². The molecule has 0 saturated heterocycles. The molecule has 0 fully saturated rings. The van der Waals surface area contributed by atoms with Gasteiger partial charge in [-0.2, -0.15) is 0 Å². The van der Waals surface area contributed by atoms with Gasteiger partial charge in [-0.25, -0.2) is 0 Å². The number of hydrogen-bond donors (Lipinski definition) is 1. The standard InChI is InChI=1S/C10H24N2/c1-6-9(3)12(5)10(4)8-11-7-2/h9-11H,6-8H2,1-5H3. The van der Waals surface area contributed by atoms with E-state index in [-0.39, 0.29) is 0 Å². The third-order valence-corrected chi connectivity index (χ3v) is 2.67. The molecule has 0 aliphatic heterocycles. The Morgan fingerprint density at radius 1 is 1.17 bits per heavy atom. The zero-order valence-electron chi connectivity index (χ0n) is 9.22. The van der Waals surface area contributed by atoms with Crippen LogP contribution in [0, 0.1) is 0 Å². The van der Waals surface area contributed by atoms with Crippen molar-refractivity contribution in [3.8, 4) is 0 Å². The summed E-state index contributed by atoms with van der Waals surface area (Å²) in [6, 6.07) is 1.33. The molecule has 2 heteroatoms. The lowest BCUT2D eigenvalue weighted by Crippen LogP contribution is -2.42. The molecule has 0 radical (unpaired) electrons. The minimum atomic E-state index is 0.639. The van der Waals surface area contributed by atoms with Gasteiger partial charge < -0.3 is 5.32 Å². The maximum Gasteiger partial charge on any atom is 0.0192 e. The third-order valence-electron chi connectivity index (χ3n) is 2.67. The molecule has 0 spiro atoms. The number of nitrogens with one attached hydrogen (secondary N) is 1. The Kier molecular flexibility index (Phi) is 6.39. The molecule has 0 aromatic carbocycles. The predicted molar refractivity (Wildman–Crippen MR) is 55.5 cm³/mol. The van der Waals surface area contributed by atoms with Crippen LogP contribution in [0.2, 0.25) is 0 Å². The Morgan fingerprint density at radius 3 is 2.17 bits per heavy atom. The average Bonchev–Trinajstić information content (AvgIpc) is 2.11. The molecule has 0 rings (SSSR count). The molecule has 2 atom stereocenters. The van der Waals surface area contributed by atoms with Gasteiger partial charge in [-0.15, -0.1) is 0 Å². The van der Waals surface area contributed by atoms with Crippen molar-refractivity contribution < 1.29 is 0 Å². The minimum Gasteiger partial charge on any atom is -0.315 e. The van der Waals surface area contributed by atoms with Crippen molar-refractivity contribution in [1.82, 2.24) is 10.2 Å². The van der Waals surface area contributed by atoms with Crippen molar-refractivity contribution in [2.45, 2.75) is 46.2 Å². The highest BCUT2D eigenvalue weighted by molar-refractivity contribution is 4.70. The maximum absolute atomic E-state index is 3.37. The first kappa shape index (κ1) is 11.9. The largest absolute Gasteiger partial charge is 0.315 e. The van der Waals surface area contributed by atoms with Gasteiger partial charge in [-0.1, -0.05) is 13.8 Å². The van der Waals surface area contributed by atoms with Gasteiger partial charge >= 0.3 is 0 Å². The van der Waals surface area contributed by atoms with E-state index in [1.807, 2.05) is 0 Å². The van der Waals surface area contributed by atoms with Gasteiger partial charge in [0.2, 0.25) is 0 Å². The molecule has 0 aromatic rings. The summed E-state index contributed by atoms with van der Waals surface area (Å²) < 4.78 is 0. The van der Waals surface area contributed by atoms with Crippen molar-refractivity contribution in [2.75, 3.05) is 20.1 Å². The van der Waals surface area contributed by atoms with Crippen LogP contribution in [0.15, 0.2) is 0 Å². The Morgan fingerprint density at radius 2 is 1.75 bits per heavy atom. The molecule has 0 aromatic heterocycles. The van der Waals surface area contributed by atoms with E-state index in [4.69, 9.17) is 0 Å². The highest BCUT2D eigenvalue weighted by Crippen LogP contribution is 2.04. The van der Waals surface area contributed by atoms with E-state index in [1.54, 1.807) is 0 Å². The lowest BCUT2D eigenvalue weighted by atomic mass is 10.2. The molecular weight excluding hydrogens is 148 g/mol. The highest BCUT2D eigenvalue weighted by Gasteiger charge is 2.12. The van der Waals surface area contributed by atoms with Crippen molar-refractivity contribution in [1.29, 1.82) is 0 Å². The lowest BCUT2D eigenvalue weighted by molar-refractivity contribution is 0.188. The fraction of sp³-hybridized carbons (Fsp3) is 1.00. The van der Waals surface area contributed by atoms with Crippen LogP contribution in [0.25, 0.3) is 0 Å². The van der Waals surface area contributed by atoms with Crippen LogP contribution in [0.3, 0.4) is 0 Å². The van der Waals surface area contributed by atoms with E-state index in [0.29, 0.717) is 12.1 Å². The fourth-order valence-electron chi connectivity index (χ4n) is 1.22. The van der Waals surface area contributed by atoms with Gasteiger partial charge in [0.25, 0.3) is 0 Å². The molecule has 1 N–H and O–H groups in total. The third kappa shape index (κ3) is 4.07. The average molecular weight is 172 g/mol. The molecule has 2 nitrogen and oxygen atoms in total. The molecule has 12 heavy (non-hydrogen) atoms. The lowest BCUT2D eigenvalue weighted by Gasteiger charge is -2.30. The van der Waals surface area contributed by atoms with Crippen LogP contribution in [0.1, 0.15) is 34.1 Å². The molecule has 0 heterocycles. The van der Waals surface area contributed by atoms with Gasteiger partial charge in [-0.3, -0.25) is 4.90 Å². The van der Waals surface area contributed by atoms with E-state index in [1.165, 1.54) is 6.42 Å². The summed E-state index contributed by atoms with van der Waals surface area (Å²) in [4.78, 5) is 2.43. The Labute approximate surface area is 77.3 Å². The first-order chi connectivity index (χ1) is 5.63. The summed E-state index contributed by atoms with van der Waals surface area (Å²) in [7, 11) is 2.20. The van der Waals surface area contributed by atoms with Crippen LogP contribution in [-0.2, 0) is 0 Å². The molecule has 0 amide bonds. The Balaban J connectivity index is 3.67. The van der Waals surface area contributed by atoms with E-state index in [9.17, 15) is 0 Å². The molecule has 0 bridgehead atoms. The first-order valence-corrected chi connectivity index (χ1v) is 5.06. The van der Waals surface area contributed by atoms with E-state index in [0.717, 1.165) is 13.1 Å². The number of nitrogens with zero attached hydrogens (tertiary/aromatic N) is 1. The van der Waals surface area contributed by atoms with Crippen LogP contribution in [-0.4, -0.2) is 37.1 Å². The van der Waals surface area contributed by atoms with Crippen molar-refractivity contribution in [3.05, 3.63) is 0 Å². The van der Waals surface area contributed by atoms with Crippen LogP contribution >= 0.6 is 0 Å². The SMILES string of the molecule is CCNCC(C)N(C)C(C)CC. The summed E-state index contributed by atoms with van der Waals surface area (Å²) in [5.74, 6) is 0. The summed E-state index contributed by atoms with van der Waals surface area (Å²) in [5, 5.41) is 3.37. The zero-order chi connectivity index (χ0) is 9.56. The summed E-state index contributed by atoms with van der Waals surface area (Å²) in [6.45, 7) is 11.1. The van der Waals surface area contributed by atoms with Gasteiger partial charge in [0.1, 0.15) is 0 Å². The van der Waals surface area contributed by atoms with Gasteiger partial charge in [-0.05, 0) is 33.9 Å². The fourth-order valence-corrected chi connectivity index (χ4v) is 1.22. The van der Waals surface area contributed by atoms with E-state index < -0.39 is 0 Å². The second-order valence-electron chi connectivity index (χ2n) is 3.58. The van der Waals surface area contributed by atoms with Crippen molar-refractivity contribution in [3.63, 3.8) is 0 Å². The van der Waals surface area contributed by atoms with Crippen LogP contribution < -0.4 is 5.32 Å². The topological polar surface area (TPSA) is 15.3 Å². The number of rotatable bonds is 6. The van der Waals surface area contributed by atoms with Gasteiger partial charge in [0.15, 0.2) is 0 Å². The second kappa shape index (κ2) is 6.44. The highest BCUT2D eigenvalue weighted by atomic mass is 15.2. The van der Waals surface area contributed by atoms with Crippen LogP contribution in [0.4, 0.5) is 0 Å². The quantitative estimate of drug-likeness (QED) is 0.656. The second-order valence-corrected chi connectivity index (χ2v) is 3.58. The molecule has 74 valence electrons. The monoisotopic (exact) mass is 172 g/mol. The minimum absolute atomic E-state index is 0.639. The molecule has 2 unspecified atom stereocenters. The Bertz CT molecular complexity index is 104. The van der Waals surface area contributed by atoms with E-state index >= 15 is 0 Å². The first-order valence-electron chi connectivity index (χ1n) is 5.06.